The van der Waals surface area contributed by atoms with Crippen molar-refractivity contribution in [2.45, 2.75) is 13.0 Å². The van der Waals surface area contributed by atoms with Gasteiger partial charge in [-0.05, 0) is 26.1 Å². The average Bonchev–Trinajstić information content (AvgIpc) is 2.29. The number of nitrogens with zero attached hydrogens (tertiary/aromatic N) is 3. The number of carbonyl (C=O) groups is 1. The van der Waals surface area contributed by atoms with E-state index in [2.05, 4.69) is 28.8 Å². The molecule has 1 aromatic rings. The van der Waals surface area contributed by atoms with Crippen LogP contribution in [0.25, 0.3) is 0 Å². The van der Waals surface area contributed by atoms with E-state index in [-0.39, 0.29) is 0 Å². The molecule has 86 valence electrons. The summed E-state index contributed by atoms with van der Waals surface area (Å²) in [6.45, 7) is 5.11. The highest BCUT2D eigenvalue weighted by molar-refractivity contribution is 5.82. The maximum atomic E-state index is 11.0. The molecule has 16 heavy (non-hydrogen) atoms. The van der Waals surface area contributed by atoms with E-state index < -0.39 is 0 Å². The molecule has 0 N–H and O–H groups in total. The van der Waals surface area contributed by atoms with Gasteiger partial charge in [0, 0.05) is 31.9 Å². The van der Waals surface area contributed by atoms with E-state index in [1.165, 1.54) is 0 Å². The first-order valence-corrected chi connectivity index (χ1v) is 5.57. The van der Waals surface area contributed by atoms with Gasteiger partial charge in [-0.3, -0.25) is 4.79 Å². The molecule has 1 unspecified atom stereocenters. The molecule has 0 bridgehead atoms. The SMILES string of the molecule is CC1CN(C)CCN1c1ncccc1C=O. The van der Waals surface area contributed by atoms with Crippen molar-refractivity contribution < 1.29 is 4.79 Å². The maximum absolute atomic E-state index is 11.0. The molecule has 4 heteroatoms. The Morgan fingerprint density at radius 2 is 2.31 bits per heavy atom. The van der Waals surface area contributed by atoms with Gasteiger partial charge in [-0.15, -0.1) is 0 Å². The Bertz CT molecular complexity index is 380. The zero-order valence-corrected chi connectivity index (χ0v) is 9.76. The molecule has 0 aliphatic carbocycles. The smallest absolute Gasteiger partial charge is 0.153 e. The first kappa shape index (κ1) is 11.1. The molecule has 0 radical (unpaired) electrons. The minimum absolute atomic E-state index is 0.396. The van der Waals surface area contributed by atoms with Crippen LogP contribution in [0.4, 0.5) is 5.82 Å². The van der Waals surface area contributed by atoms with Crippen LogP contribution in [0.1, 0.15) is 17.3 Å². The Kier molecular flexibility index (Phi) is 3.19. The fraction of sp³-hybridized carbons (Fsp3) is 0.500. The third-order valence-electron chi connectivity index (χ3n) is 3.05. The Labute approximate surface area is 95.9 Å². The van der Waals surface area contributed by atoms with Gasteiger partial charge in [-0.1, -0.05) is 0 Å². The monoisotopic (exact) mass is 219 g/mol. The number of hydrogen-bond donors (Lipinski definition) is 0. The highest BCUT2D eigenvalue weighted by Crippen LogP contribution is 2.20. The number of carbonyl (C=O) groups excluding carboxylic acids is 1. The summed E-state index contributed by atoms with van der Waals surface area (Å²) in [7, 11) is 2.12. The van der Waals surface area contributed by atoms with Gasteiger partial charge in [0.05, 0.1) is 5.56 Å². The number of piperazine rings is 1. The predicted octanol–water partition coefficient (Wildman–Crippen LogP) is 1.03. The van der Waals surface area contributed by atoms with E-state index in [0.717, 1.165) is 31.7 Å². The van der Waals surface area contributed by atoms with Crippen LogP contribution in [0.5, 0.6) is 0 Å². The molecule has 1 aliphatic rings. The fourth-order valence-electron chi connectivity index (χ4n) is 2.20. The van der Waals surface area contributed by atoms with Gasteiger partial charge in [0.15, 0.2) is 6.29 Å². The normalized spacial score (nSPS) is 22.1. The number of pyridine rings is 1. The summed E-state index contributed by atoms with van der Waals surface area (Å²) < 4.78 is 0. The molecule has 4 nitrogen and oxygen atoms in total. The van der Waals surface area contributed by atoms with Crippen molar-refractivity contribution in [1.82, 2.24) is 9.88 Å². The molecule has 1 saturated heterocycles. The molecule has 0 aromatic carbocycles. The third kappa shape index (κ3) is 2.07. The molecule has 0 spiro atoms. The second-order valence-electron chi connectivity index (χ2n) is 4.34. The van der Waals surface area contributed by atoms with E-state index in [1.54, 1.807) is 12.3 Å². The Balaban J connectivity index is 2.26. The predicted molar refractivity (Wildman–Crippen MR) is 63.9 cm³/mol. The Morgan fingerprint density at radius 1 is 1.50 bits per heavy atom. The summed E-state index contributed by atoms with van der Waals surface area (Å²) in [5, 5.41) is 0. The molecular weight excluding hydrogens is 202 g/mol. The number of aromatic nitrogens is 1. The van der Waals surface area contributed by atoms with Gasteiger partial charge in [-0.2, -0.15) is 0 Å². The van der Waals surface area contributed by atoms with E-state index >= 15 is 0 Å². The quantitative estimate of drug-likeness (QED) is 0.696. The first-order chi connectivity index (χ1) is 7.72. The first-order valence-electron chi connectivity index (χ1n) is 5.57. The van der Waals surface area contributed by atoms with Crippen molar-refractivity contribution in [3.8, 4) is 0 Å². The van der Waals surface area contributed by atoms with Crippen molar-refractivity contribution in [2.75, 3.05) is 31.6 Å². The van der Waals surface area contributed by atoms with Crippen molar-refractivity contribution in [1.29, 1.82) is 0 Å². The van der Waals surface area contributed by atoms with Crippen LogP contribution in [0.3, 0.4) is 0 Å². The minimum atomic E-state index is 0.396. The van der Waals surface area contributed by atoms with Crippen molar-refractivity contribution in [3.05, 3.63) is 23.9 Å². The molecule has 2 heterocycles. The summed E-state index contributed by atoms with van der Waals surface area (Å²) >= 11 is 0. The van der Waals surface area contributed by atoms with E-state index in [1.807, 2.05) is 6.07 Å². The summed E-state index contributed by atoms with van der Waals surface area (Å²) in [6, 6.07) is 4.02. The van der Waals surface area contributed by atoms with Crippen LogP contribution >= 0.6 is 0 Å². The third-order valence-corrected chi connectivity index (χ3v) is 3.05. The van der Waals surface area contributed by atoms with Gasteiger partial charge < -0.3 is 9.80 Å². The van der Waals surface area contributed by atoms with Crippen molar-refractivity contribution in [3.63, 3.8) is 0 Å². The summed E-state index contributed by atoms with van der Waals surface area (Å²) in [5.74, 6) is 0.818. The van der Waals surface area contributed by atoms with E-state index in [4.69, 9.17) is 0 Å². The van der Waals surface area contributed by atoms with Gasteiger partial charge in [-0.25, -0.2) is 4.98 Å². The second kappa shape index (κ2) is 4.61. The Morgan fingerprint density at radius 3 is 3.00 bits per heavy atom. The van der Waals surface area contributed by atoms with Crippen LogP contribution in [-0.2, 0) is 0 Å². The largest absolute Gasteiger partial charge is 0.351 e. The molecule has 1 aliphatic heterocycles. The van der Waals surface area contributed by atoms with Gasteiger partial charge >= 0.3 is 0 Å². The molecule has 0 saturated carbocycles. The number of rotatable bonds is 2. The minimum Gasteiger partial charge on any atom is -0.351 e. The lowest BCUT2D eigenvalue weighted by atomic mass is 10.1. The van der Waals surface area contributed by atoms with Crippen LogP contribution in [0.2, 0.25) is 0 Å². The van der Waals surface area contributed by atoms with Gasteiger partial charge in [0.2, 0.25) is 0 Å². The average molecular weight is 219 g/mol. The molecule has 1 fully saturated rings. The fourth-order valence-corrected chi connectivity index (χ4v) is 2.20. The van der Waals surface area contributed by atoms with Crippen molar-refractivity contribution in [2.24, 2.45) is 0 Å². The number of likely N-dealkylation sites (N-methyl/N-ethyl adjacent to an activating group) is 1. The summed E-state index contributed by atoms with van der Waals surface area (Å²) in [5.41, 5.74) is 0.680. The van der Waals surface area contributed by atoms with E-state index in [9.17, 15) is 4.79 Å². The molecule has 2 rings (SSSR count). The molecule has 1 atom stereocenters. The van der Waals surface area contributed by atoms with E-state index in [0.29, 0.717) is 11.6 Å². The lowest BCUT2D eigenvalue weighted by molar-refractivity contribution is 0.112. The standard InChI is InChI=1S/C12H17N3O/c1-10-8-14(2)6-7-15(10)12-11(9-16)4-3-5-13-12/h3-5,9-10H,6-8H2,1-2H3. The number of anilines is 1. The Hall–Kier alpha value is -1.42. The zero-order valence-electron chi connectivity index (χ0n) is 9.76. The second-order valence-corrected chi connectivity index (χ2v) is 4.34. The molecule has 1 aromatic heterocycles. The lowest BCUT2D eigenvalue weighted by Crippen LogP contribution is -2.51. The highest BCUT2D eigenvalue weighted by atomic mass is 16.1. The van der Waals surface area contributed by atoms with Crippen LogP contribution in [0, 0.1) is 0 Å². The van der Waals surface area contributed by atoms with Crippen LogP contribution in [-0.4, -0.2) is 48.9 Å². The highest BCUT2D eigenvalue weighted by Gasteiger charge is 2.23. The summed E-state index contributed by atoms with van der Waals surface area (Å²) in [6.07, 6.45) is 2.63. The number of hydrogen-bond acceptors (Lipinski definition) is 4. The lowest BCUT2D eigenvalue weighted by Gasteiger charge is -2.39. The topological polar surface area (TPSA) is 36.4 Å². The maximum Gasteiger partial charge on any atom is 0.153 e. The summed E-state index contributed by atoms with van der Waals surface area (Å²) in [4.78, 5) is 19.8. The van der Waals surface area contributed by atoms with Crippen LogP contribution in [0.15, 0.2) is 18.3 Å². The van der Waals surface area contributed by atoms with Crippen LogP contribution < -0.4 is 4.90 Å². The van der Waals surface area contributed by atoms with Gasteiger partial charge in [0.1, 0.15) is 5.82 Å². The molecule has 0 amide bonds. The number of aldehydes is 1. The zero-order chi connectivity index (χ0) is 11.5. The van der Waals surface area contributed by atoms with Gasteiger partial charge in [0.25, 0.3) is 0 Å². The van der Waals surface area contributed by atoms with Crippen molar-refractivity contribution >= 4 is 12.1 Å². The molecular formula is C12H17N3O.